The molecule has 0 spiro atoms. The van der Waals surface area contributed by atoms with Gasteiger partial charge in [-0.05, 0) is 24.5 Å². The predicted octanol–water partition coefficient (Wildman–Crippen LogP) is 3.07. The maximum atomic E-state index is 13.4. The molecule has 1 heterocycles. The van der Waals surface area contributed by atoms with E-state index < -0.39 is 0 Å². The monoisotopic (exact) mass is 247 g/mol. The van der Waals surface area contributed by atoms with Crippen molar-refractivity contribution in [2.75, 3.05) is 5.32 Å². The number of hydrogen-bond donors (Lipinski definition) is 1. The minimum absolute atomic E-state index is 0.250. The zero-order valence-corrected chi connectivity index (χ0v) is 10.0. The van der Waals surface area contributed by atoms with Crippen LogP contribution in [0.4, 0.5) is 9.39 Å². The first-order chi connectivity index (χ1) is 8.22. The van der Waals surface area contributed by atoms with E-state index in [1.165, 1.54) is 17.6 Å². The van der Waals surface area contributed by atoms with Crippen LogP contribution in [-0.2, 0) is 6.54 Å². The number of hydrogen-bond acceptors (Lipinski definition) is 4. The zero-order chi connectivity index (χ0) is 12.3. The molecule has 17 heavy (non-hydrogen) atoms. The Morgan fingerprint density at radius 2 is 2.24 bits per heavy atom. The van der Waals surface area contributed by atoms with Crippen LogP contribution < -0.4 is 5.32 Å². The average molecular weight is 247 g/mol. The Morgan fingerprint density at radius 3 is 2.94 bits per heavy atom. The molecule has 86 valence electrons. The van der Waals surface area contributed by atoms with E-state index in [2.05, 4.69) is 15.8 Å². The molecule has 0 atom stereocenters. The summed E-state index contributed by atoms with van der Waals surface area (Å²) >= 11 is 1.22. The molecule has 0 saturated carbocycles. The van der Waals surface area contributed by atoms with E-state index in [0.29, 0.717) is 28.4 Å². The second-order valence-electron chi connectivity index (χ2n) is 3.53. The Kier molecular flexibility index (Phi) is 3.35. The van der Waals surface area contributed by atoms with Gasteiger partial charge >= 0.3 is 0 Å². The average Bonchev–Trinajstić information content (AvgIpc) is 2.69. The van der Waals surface area contributed by atoms with Gasteiger partial charge in [0.15, 0.2) is 0 Å². The lowest BCUT2D eigenvalue weighted by Crippen LogP contribution is -2.01. The van der Waals surface area contributed by atoms with Crippen LogP contribution >= 0.6 is 11.5 Å². The van der Waals surface area contributed by atoms with E-state index in [1.54, 1.807) is 25.1 Å². The molecule has 0 amide bonds. The summed E-state index contributed by atoms with van der Waals surface area (Å²) in [5.41, 5.74) is 1.81. The summed E-state index contributed by atoms with van der Waals surface area (Å²) in [6, 6.07) is 8.64. The number of rotatable bonds is 3. The molecule has 0 aliphatic carbocycles. The maximum absolute atomic E-state index is 13.4. The summed E-state index contributed by atoms with van der Waals surface area (Å²) in [7, 11) is 0. The van der Waals surface area contributed by atoms with Gasteiger partial charge in [-0.3, -0.25) is 0 Å². The lowest BCUT2D eigenvalue weighted by molar-refractivity contribution is 0.613. The molecule has 2 aromatic rings. The van der Waals surface area contributed by atoms with Gasteiger partial charge in [0.05, 0.1) is 5.69 Å². The lowest BCUT2D eigenvalue weighted by atomic mass is 10.2. The molecule has 0 aliphatic heterocycles. The predicted molar refractivity (Wildman–Crippen MR) is 65.3 cm³/mol. The van der Waals surface area contributed by atoms with Gasteiger partial charge in [0.2, 0.25) is 0 Å². The first kappa shape index (κ1) is 11.6. The van der Waals surface area contributed by atoms with Crippen molar-refractivity contribution in [3.05, 3.63) is 46.9 Å². The van der Waals surface area contributed by atoms with Crippen molar-refractivity contribution in [2.45, 2.75) is 13.5 Å². The van der Waals surface area contributed by atoms with Gasteiger partial charge in [0.25, 0.3) is 0 Å². The molecule has 2 rings (SSSR count). The Bertz CT molecular complexity index is 571. The molecule has 5 heteroatoms. The highest BCUT2D eigenvalue weighted by atomic mass is 32.1. The third-order valence-electron chi connectivity index (χ3n) is 2.37. The number of halogens is 1. The fourth-order valence-corrected chi connectivity index (χ4v) is 2.18. The molecular weight excluding hydrogens is 237 g/mol. The van der Waals surface area contributed by atoms with Crippen molar-refractivity contribution < 1.29 is 4.39 Å². The molecule has 3 nitrogen and oxygen atoms in total. The molecule has 0 aliphatic rings. The smallest absolute Gasteiger partial charge is 0.128 e. The van der Waals surface area contributed by atoms with Crippen molar-refractivity contribution in [3.8, 4) is 6.07 Å². The first-order valence-electron chi connectivity index (χ1n) is 5.06. The molecule has 0 radical (unpaired) electrons. The number of aromatic nitrogens is 1. The van der Waals surface area contributed by atoms with Crippen molar-refractivity contribution in [2.24, 2.45) is 0 Å². The molecular formula is C12H10FN3S. The van der Waals surface area contributed by atoms with Crippen LogP contribution in [0.2, 0.25) is 0 Å². The fraction of sp³-hybridized carbons (Fsp3) is 0.167. The lowest BCUT2D eigenvalue weighted by Gasteiger charge is -2.04. The Morgan fingerprint density at radius 1 is 1.47 bits per heavy atom. The van der Waals surface area contributed by atoms with E-state index in [4.69, 9.17) is 5.26 Å². The molecule has 1 aromatic carbocycles. The van der Waals surface area contributed by atoms with E-state index in [-0.39, 0.29) is 5.82 Å². The Balaban J connectivity index is 2.13. The van der Waals surface area contributed by atoms with Crippen LogP contribution in [-0.4, -0.2) is 4.37 Å². The summed E-state index contributed by atoms with van der Waals surface area (Å²) in [4.78, 5) is 0. The van der Waals surface area contributed by atoms with Gasteiger partial charge in [0.1, 0.15) is 22.5 Å². The largest absolute Gasteiger partial charge is 0.370 e. The third kappa shape index (κ3) is 2.43. The van der Waals surface area contributed by atoms with Gasteiger partial charge in [-0.15, -0.1) is 0 Å². The molecule has 1 N–H and O–H groups in total. The molecule has 0 saturated heterocycles. The second kappa shape index (κ2) is 4.93. The van der Waals surface area contributed by atoms with Crippen LogP contribution in [0.3, 0.4) is 0 Å². The fourth-order valence-electron chi connectivity index (χ4n) is 1.44. The van der Waals surface area contributed by atoms with E-state index in [9.17, 15) is 4.39 Å². The Labute approximate surface area is 103 Å². The normalized spacial score (nSPS) is 9.94. The zero-order valence-electron chi connectivity index (χ0n) is 9.20. The number of nitrogens with zero attached hydrogens (tertiary/aromatic N) is 2. The minimum Gasteiger partial charge on any atom is -0.370 e. The number of benzene rings is 1. The second-order valence-corrected chi connectivity index (χ2v) is 4.30. The summed E-state index contributed by atoms with van der Waals surface area (Å²) in [6.45, 7) is 2.13. The highest BCUT2D eigenvalue weighted by molar-refractivity contribution is 7.10. The summed E-state index contributed by atoms with van der Waals surface area (Å²) < 4.78 is 17.4. The summed E-state index contributed by atoms with van der Waals surface area (Å²) in [5, 5.41) is 12.7. The van der Waals surface area contributed by atoms with Gasteiger partial charge in [-0.2, -0.15) is 9.64 Å². The van der Waals surface area contributed by atoms with Crippen LogP contribution in [0.1, 0.15) is 16.8 Å². The number of aryl methyl sites for hydroxylation is 1. The third-order valence-corrected chi connectivity index (χ3v) is 3.27. The van der Waals surface area contributed by atoms with Gasteiger partial charge in [-0.1, -0.05) is 18.2 Å². The van der Waals surface area contributed by atoms with Crippen molar-refractivity contribution in [1.82, 2.24) is 4.37 Å². The maximum Gasteiger partial charge on any atom is 0.128 e. The van der Waals surface area contributed by atoms with Crippen LogP contribution in [0.5, 0.6) is 0 Å². The molecule has 1 aromatic heterocycles. The van der Waals surface area contributed by atoms with Gasteiger partial charge in [-0.25, -0.2) is 4.39 Å². The summed E-state index contributed by atoms with van der Waals surface area (Å²) in [5.74, 6) is -0.250. The van der Waals surface area contributed by atoms with Crippen LogP contribution in [0.15, 0.2) is 24.3 Å². The highest BCUT2D eigenvalue weighted by Gasteiger charge is 2.10. The Hall–Kier alpha value is -1.93. The van der Waals surface area contributed by atoms with Gasteiger partial charge < -0.3 is 5.32 Å². The topological polar surface area (TPSA) is 48.7 Å². The highest BCUT2D eigenvalue weighted by Crippen LogP contribution is 2.24. The van der Waals surface area contributed by atoms with Crippen molar-refractivity contribution >= 4 is 16.5 Å². The molecule has 0 bridgehead atoms. The van der Waals surface area contributed by atoms with E-state index in [1.807, 2.05) is 0 Å². The molecule has 0 unspecified atom stereocenters. The van der Waals surface area contributed by atoms with Crippen LogP contribution in [0, 0.1) is 24.1 Å². The molecule has 0 fully saturated rings. The van der Waals surface area contributed by atoms with E-state index in [0.717, 1.165) is 0 Å². The number of nitrogens with one attached hydrogen (secondary N) is 1. The summed E-state index contributed by atoms with van der Waals surface area (Å²) in [6.07, 6.45) is 0. The van der Waals surface area contributed by atoms with E-state index >= 15 is 0 Å². The standard InChI is InChI=1S/C12H10FN3S/c1-8-10(6-14)12(17-16-8)15-7-9-4-2-3-5-11(9)13/h2-5,15H,7H2,1H3. The van der Waals surface area contributed by atoms with Crippen molar-refractivity contribution in [1.29, 1.82) is 5.26 Å². The minimum atomic E-state index is -0.250. The quantitative estimate of drug-likeness (QED) is 0.906. The number of anilines is 1. The van der Waals surface area contributed by atoms with Gasteiger partial charge in [0, 0.05) is 12.1 Å². The van der Waals surface area contributed by atoms with Crippen molar-refractivity contribution in [3.63, 3.8) is 0 Å². The van der Waals surface area contributed by atoms with Crippen LogP contribution in [0.25, 0.3) is 0 Å². The first-order valence-corrected chi connectivity index (χ1v) is 5.83. The SMILES string of the molecule is Cc1nsc(NCc2ccccc2F)c1C#N. The number of nitriles is 1.